The molecule has 0 bridgehead atoms. The molecule has 0 aliphatic rings. The molecule has 0 heterocycles. The van der Waals surface area contributed by atoms with Gasteiger partial charge in [0.2, 0.25) is 0 Å². The maximum absolute atomic E-state index is 3.59. The molecule has 0 fully saturated rings. The Hall–Kier alpha value is -0.0400. The fourth-order valence-corrected chi connectivity index (χ4v) is 1.76. The van der Waals surface area contributed by atoms with Gasteiger partial charge in [-0.25, -0.2) is 0 Å². The minimum absolute atomic E-state index is 0.322. The quantitative estimate of drug-likeness (QED) is 0.670. The lowest BCUT2D eigenvalue weighted by molar-refractivity contribution is 0.220. The topological polar surface area (TPSA) is 12.0 Å². The number of hydrogen-bond donors (Lipinski definition) is 1. The van der Waals surface area contributed by atoms with Crippen LogP contribution in [0, 0.1) is 11.8 Å². The average Bonchev–Trinajstić information content (AvgIpc) is 1.85. The molecule has 0 rings (SSSR count). The van der Waals surface area contributed by atoms with Gasteiger partial charge >= 0.3 is 0 Å². The van der Waals surface area contributed by atoms with Gasteiger partial charge in [-0.2, -0.15) is 0 Å². The molecule has 0 unspecified atom stereocenters. The first-order valence-corrected chi connectivity index (χ1v) is 5.17. The van der Waals surface area contributed by atoms with E-state index >= 15 is 0 Å². The summed E-state index contributed by atoms with van der Waals surface area (Å²) >= 11 is 0. The Morgan fingerprint density at radius 1 is 1.17 bits per heavy atom. The van der Waals surface area contributed by atoms with Crippen LogP contribution in [-0.4, -0.2) is 12.1 Å². The van der Waals surface area contributed by atoms with Crippen molar-refractivity contribution in [2.24, 2.45) is 11.8 Å². The van der Waals surface area contributed by atoms with E-state index in [0.29, 0.717) is 11.5 Å². The molecule has 1 N–H and O–H groups in total. The zero-order valence-electron chi connectivity index (χ0n) is 9.57. The van der Waals surface area contributed by atoms with Gasteiger partial charge in [-0.3, -0.25) is 0 Å². The average molecular weight is 171 g/mol. The molecule has 0 saturated carbocycles. The third-order valence-corrected chi connectivity index (χ3v) is 2.69. The van der Waals surface area contributed by atoms with Gasteiger partial charge in [0.05, 0.1) is 0 Å². The van der Waals surface area contributed by atoms with Crippen LogP contribution in [0.15, 0.2) is 0 Å². The molecular weight excluding hydrogens is 146 g/mol. The molecule has 1 heteroatoms. The fraction of sp³-hybridized carbons (Fsp3) is 1.00. The molecule has 0 aromatic carbocycles. The number of nitrogens with one attached hydrogen (secondary N) is 1. The Balaban J connectivity index is 4.18. The van der Waals surface area contributed by atoms with E-state index < -0.39 is 0 Å². The van der Waals surface area contributed by atoms with E-state index in [0.717, 1.165) is 12.5 Å². The summed E-state index contributed by atoms with van der Waals surface area (Å²) in [5.74, 6) is 1.48. The van der Waals surface area contributed by atoms with Crippen molar-refractivity contribution in [3.05, 3.63) is 0 Å². The summed E-state index contributed by atoms with van der Waals surface area (Å²) in [4.78, 5) is 0. The first kappa shape index (κ1) is 12.0. The molecule has 0 radical (unpaired) electrons. The van der Waals surface area contributed by atoms with Crippen LogP contribution in [-0.2, 0) is 0 Å². The number of hydrogen-bond acceptors (Lipinski definition) is 1. The predicted octanol–water partition coefficient (Wildman–Crippen LogP) is 3.06. The second kappa shape index (κ2) is 4.86. The summed E-state index contributed by atoms with van der Waals surface area (Å²) in [5.41, 5.74) is 0.322. The highest BCUT2D eigenvalue weighted by Gasteiger charge is 2.27. The maximum Gasteiger partial charge on any atom is 0.0178 e. The largest absolute Gasteiger partial charge is 0.312 e. The van der Waals surface area contributed by atoms with Gasteiger partial charge < -0.3 is 5.32 Å². The summed E-state index contributed by atoms with van der Waals surface area (Å²) in [6.45, 7) is 14.8. The molecule has 12 heavy (non-hydrogen) atoms. The van der Waals surface area contributed by atoms with Gasteiger partial charge in [0.25, 0.3) is 0 Å². The van der Waals surface area contributed by atoms with Crippen molar-refractivity contribution in [3.63, 3.8) is 0 Å². The Bertz CT molecular complexity index is 118. The maximum atomic E-state index is 3.59. The van der Waals surface area contributed by atoms with Crippen molar-refractivity contribution >= 4 is 0 Å². The minimum atomic E-state index is 0.322. The van der Waals surface area contributed by atoms with Gasteiger partial charge in [-0.15, -0.1) is 0 Å². The molecule has 74 valence electrons. The lowest BCUT2D eigenvalue weighted by Crippen LogP contribution is -2.47. The smallest absolute Gasteiger partial charge is 0.0178 e. The summed E-state index contributed by atoms with van der Waals surface area (Å²) in [5, 5.41) is 3.59. The van der Waals surface area contributed by atoms with Crippen LogP contribution in [0.5, 0.6) is 0 Å². The van der Waals surface area contributed by atoms with Crippen LogP contribution in [0.1, 0.15) is 48.0 Å². The van der Waals surface area contributed by atoms with Crippen LogP contribution < -0.4 is 5.32 Å². The third kappa shape index (κ3) is 3.57. The molecule has 1 atom stereocenters. The normalized spacial score (nSPS) is 17.0. The molecule has 0 aliphatic heterocycles. The summed E-state index contributed by atoms with van der Waals surface area (Å²) < 4.78 is 0. The molecule has 1 nitrogen and oxygen atoms in total. The second-order valence-electron chi connectivity index (χ2n) is 4.70. The van der Waals surface area contributed by atoms with Gasteiger partial charge in [0, 0.05) is 5.54 Å². The molecule has 0 amide bonds. The predicted molar refractivity (Wildman–Crippen MR) is 56.4 cm³/mol. The van der Waals surface area contributed by atoms with E-state index in [2.05, 4.69) is 46.9 Å². The second-order valence-corrected chi connectivity index (χ2v) is 4.70. The summed E-state index contributed by atoms with van der Waals surface area (Å²) in [6, 6.07) is 0. The summed E-state index contributed by atoms with van der Waals surface area (Å²) in [6.07, 6.45) is 1.26. The van der Waals surface area contributed by atoms with E-state index in [4.69, 9.17) is 0 Å². The first-order valence-electron chi connectivity index (χ1n) is 5.17. The summed E-state index contributed by atoms with van der Waals surface area (Å²) in [7, 11) is 0. The molecule has 0 aromatic rings. The highest BCUT2D eigenvalue weighted by Crippen LogP contribution is 2.24. The zero-order valence-corrected chi connectivity index (χ0v) is 9.57. The molecule has 0 aliphatic carbocycles. The van der Waals surface area contributed by atoms with Gasteiger partial charge in [-0.1, -0.05) is 34.6 Å². The molecular formula is C11H25N. The van der Waals surface area contributed by atoms with Gasteiger partial charge in [0.1, 0.15) is 0 Å². The van der Waals surface area contributed by atoms with Gasteiger partial charge in [-0.05, 0) is 31.7 Å². The monoisotopic (exact) mass is 171 g/mol. The van der Waals surface area contributed by atoms with E-state index in [1.165, 1.54) is 6.42 Å². The van der Waals surface area contributed by atoms with Crippen molar-refractivity contribution in [2.75, 3.05) is 6.54 Å². The van der Waals surface area contributed by atoms with Crippen molar-refractivity contribution in [2.45, 2.75) is 53.5 Å². The molecule has 0 aromatic heterocycles. The van der Waals surface area contributed by atoms with Crippen molar-refractivity contribution in [3.8, 4) is 0 Å². The lowest BCUT2D eigenvalue weighted by atomic mass is 9.81. The Morgan fingerprint density at radius 3 is 1.92 bits per heavy atom. The van der Waals surface area contributed by atoms with E-state index in [1.807, 2.05) is 0 Å². The Morgan fingerprint density at radius 2 is 1.67 bits per heavy atom. The van der Waals surface area contributed by atoms with Gasteiger partial charge in [0.15, 0.2) is 0 Å². The Kier molecular flexibility index (Phi) is 4.84. The van der Waals surface area contributed by atoms with Crippen LogP contribution in [0.3, 0.4) is 0 Å². The molecule has 0 saturated heterocycles. The lowest BCUT2D eigenvalue weighted by Gasteiger charge is -2.36. The number of rotatable bonds is 5. The zero-order chi connectivity index (χ0) is 9.78. The minimum Gasteiger partial charge on any atom is -0.312 e. The fourth-order valence-electron chi connectivity index (χ4n) is 1.76. The molecule has 0 spiro atoms. The van der Waals surface area contributed by atoms with Crippen LogP contribution >= 0.6 is 0 Å². The Labute approximate surface area is 77.9 Å². The SMILES string of the molecule is CCN[C@@](C)(CC(C)C)C(C)C. The third-order valence-electron chi connectivity index (χ3n) is 2.69. The van der Waals surface area contributed by atoms with E-state index in [9.17, 15) is 0 Å². The van der Waals surface area contributed by atoms with E-state index in [-0.39, 0.29) is 0 Å². The first-order chi connectivity index (χ1) is 5.42. The van der Waals surface area contributed by atoms with Crippen molar-refractivity contribution < 1.29 is 0 Å². The standard InChI is InChI=1S/C11H25N/c1-7-12-11(6,10(4)5)8-9(2)3/h9-10,12H,7-8H2,1-6H3/t11-/m0/s1. The van der Waals surface area contributed by atoms with Crippen molar-refractivity contribution in [1.82, 2.24) is 5.32 Å². The van der Waals surface area contributed by atoms with Crippen LogP contribution in [0.2, 0.25) is 0 Å². The van der Waals surface area contributed by atoms with Crippen molar-refractivity contribution in [1.29, 1.82) is 0 Å². The van der Waals surface area contributed by atoms with Crippen LogP contribution in [0.4, 0.5) is 0 Å². The van der Waals surface area contributed by atoms with Crippen LogP contribution in [0.25, 0.3) is 0 Å². The highest BCUT2D eigenvalue weighted by atomic mass is 15.0. The highest BCUT2D eigenvalue weighted by molar-refractivity contribution is 4.86. The van der Waals surface area contributed by atoms with E-state index in [1.54, 1.807) is 0 Å².